The van der Waals surface area contributed by atoms with Crippen LogP contribution in [0.1, 0.15) is 24.8 Å². The topological polar surface area (TPSA) is 39.1 Å². The van der Waals surface area contributed by atoms with Crippen molar-refractivity contribution in [2.75, 3.05) is 6.61 Å². The van der Waals surface area contributed by atoms with Crippen molar-refractivity contribution >= 4 is 0 Å². The summed E-state index contributed by atoms with van der Waals surface area (Å²) in [6.07, 6.45) is 8.78. The molecule has 0 bridgehead atoms. The molecule has 0 spiro atoms. The number of benzene rings is 1. The van der Waals surface area contributed by atoms with E-state index in [0.29, 0.717) is 24.9 Å². The van der Waals surface area contributed by atoms with Gasteiger partial charge in [-0.05, 0) is 37.0 Å². The standard InChI is InChI=1S/C16H20FN3O/c17-14-8-13(11-19-15-2-3-15)9-16(10-14)21-7-1-5-20-6-4-18-12-20/h4,6,8-10,12,15,19H,1-3,5,7,11H2. The number of ether oxygens (including phenoxy) is 1. The van der Waals surface area contributed by atoms with Crippen LogP contribution in [0.4, 0.5) is 4.39 Å². The van der Waals surface area contributed by atoms with E-state index in [0.717, 1.165) is 18.5 Å². The molecule has 0 atom stereocenters. The van der Waals surface area contributed by atoms with E-state index < -0.39 is 0 Å². The predicted octanol–water partition coefficient (Wildman–Crippen LogP) is 2.74. The molecule has 21 heavy (non-hydrogen) atoms. The van der Waals surface area contributed by atoms with Gasteiger partial charge in [0.2, 0.25) is 0 Å². The molecule has 1 aliphatic carbocycles. The Morgan fingerprint density at radius 1 is 1.33 bits per heavy atom. The molecule has 0 aliphatic heterocycles. The van der Waals surface area contributed by atoms with E-state index in [4.69, 9.17) is 4.74 Å². The van der Waals surface area contributed by atoms with E-state index in [2.05, 4.69) is 10.3 Å². The Morgan fingerprint density at radius 2 is 2.24 bits per heavy atom. The smallest absolute Gasteiger partial charge is 0.127 e. The Bertz CT molecular complexity index is 567. The van der Waals surface area contributed by atoms with Crippen LogP contribution in [0.25, 0.3) is 0 Å². The summed E-state index contributed by atoms with van der Waals surface area (Å²) in [5, 5.41) is 3.38. The maximum atomic E-state index is 13.6. The number of aromatic nitrogens is 2. The molecule has 0 saturated heterocycles. The lowest BCUT2D eigenvalue weighted by molar-refractivity contribution is 0.300. The normalized spacial score (nSPS) is 14.3. The van der Waals surface area contributed by atoms with Crippen LogP contribution in [0.5, 0.6) is 5.75 Å². The maximum absolute atomic E-state index is 13.6. The number of hydrogen-bond donors (Lipinski definition) is 1. The summed E-state index contributed by atoms with van der Waals surface area (Å²) >= 11 is 0. The third-order valence-corrected chi connectivity index (χ3v) is 3.49. The van der Waals surface area contributed by atoms with Gasteiger partial charge < -0.3 is 14.6 Å². The van der Waals surface area contributed by atoms with E-state index in [-0.39, 0.29) is 5.82 Å². The highest BCUT2D eigenvalue weighted by Gasteiger charge is 2.20. The molecule has 1 heterocycles. The molecule has 5 heteroatoms. The molecule has 1 aromatic carbocycles. The highest BCUT2D eigenvalue weighted by Crippen LogP contribution is 2.21. The zero-order valence-corrected chi connectivity index (χ0v) is 12.0. The van der Waals surface area contributed by atoms with Gasteiger partial charge in [0.1, 0.15) is 11.6 Å². The second-order valence-electron chi connectivity index (χ2n) is 5.45. The number of imidazole rings is 1. The highest BCUT2D eigenvalue weighted by molar-refractivity contribution is 5.29. The van der Waals surface area contributed by atoms with E-state index in [1.165, 1.54) is 18.9 Å². The molecule has 1 aromatic heterocycles. The minimum atomic E-state index is -0.241. The molecular weight excluding hydrogens is 269 g/mol. The Labute approximate surface area is 124 Å². The van der Waals surface area contributed by atoms with Gasteiger partial charge in [-0.2, -0.15) is 0 Å². The molecule has 1 aliphatic rings. The van der Waals surface area contributed by atoms with Gasteiger partial charge in [-0.25, -0.2) is 9.37 Å². The molecule has 0 radical (unpaired) electrons. The molecule has 1 fully saturated rings. The molecular formula is C16H20FN3O. The van der Waals surface area contributed by atoms with Crippen molar-refractivity contribution in [3.05, 3.63) is 48.3 Å². The number of rotatable bonds is 8. The molecule has 0 amide bonds. The lowest BCUT2D eigenvalue weighted by atomic mass is 10.2. The summed E-state index contributed by atoms with van der Waals surface area (Å²) in [6, 6.07) is 5.54. The van der Waals surface area contributed by atoms with E-state index >= 15 is 0 Å². The van der Waals surface area contributed by atoms with Crippen molar-refractivity contribution in [3.8, 4) is 5.75 Å². The van der Waals surface area contributed by atoms with Gasteiger partial charge in [-0.15, -0.1) is 0 Å². The van der Waals surface area contributed by atoms with Crippen LogP contribution >= 0.6 is 0 Å². The van der Waals surface area contributed by atoms with Crippen LogP contribution in [-0.2, 0) is 13.1 Å². The van der Waals surface area contributed by atoms with Gasteiger partial charge in [0.15, 0.2) is 0 Å². The molecule has 112 valence electrons. The zero-order chi connectivity index (χ0) is 14.5. The number of nitrogens with zero attached hydrogens (tertiary/aromatic N) is 2. The van der Waals surface area contributed by atoms with E-state index in [1.807, 2.05) is 16.8 Å². The fourth-order valence-electron chi connectivity index (χ4n) is 2.21. The van der Waals surface area contributed by atoms with Crippen LogP contribution in [-0.4, -0.2) is 22.2 Å². The van der Waals surface area contributed by atoms with Crippen molar-refractivity contribution < 1.29 is 9.13 Å². The summed E-state index contributed by atoms with van der Waals surface area (Å²) in [5.41, 5.74) is 0.937. The van der Waals surface area contributed by atoms with Crippen LogP contribution in [0.3, 0.4) is 0 Å². The predicted molar refractivity (Wildman–Crippen MR) is 78.6 cm³/mol. The molecule has 4 nitrogen and oxygen atoms in total. The molecule has 2 aromatic rings. The van der Waals surface area contributed by atoms with E-state index in [9.17, 15) is 4.39 Å². The first-order chi connectivity index (χ1) is 10.3. The van der Waals surface area contributed by atoms with Gasteiger partial charge in [-0.3, -0.25) is 0 Å². The monoisotopic (exact) mass is 289 g/mol. The minimum absolute atomic E-state index is 0.241. The lowest BCUT2D eigenvalue weighted by Crippen LogP contribution is -2.15. The summed E-state index contributed by atoms with van der Waals surface area (Å²) < 4.78 is 21.2. The number of hydrogen-bond acceptors (Lipinski definition) is 3. The van der Waals surface area contributed by atoms with Gasteiger partial charge in [-0.1, -0.05) is 0 Å². The minimum Gasteiger partial charge on any atom is -0.493 e. The average molecular weight is 289 g/mol. The van der Waals surface area contributed by atoms with Gasteiger partial charge in [0, 0.05) is 37.6 Å². The lowest BCUT2D eigenvalue weighted by Gasteiger charge is -2.09. The Morgan fingerprint density at radius 3 is 3.00 bits per heavy atom. The Hall–Kier alpha value is -1.88. The first kappa shape index (κ1) is 14.1. The third kappa shape index (κ3) is 4.56. The van der Waals surface area contributed by atoms with Gasteiger partial charge in [0.25, 0.3) is 0 Å². The van der Waals surface area contributed by atoms with Crippen molar-refractivity contribution in [2.24, 2.45) is 0 Å². The van der Waals surface area contributed by atoms with Gasteiger partial charge in [0.05, 0.1) is 12.9 Å². The summed E-state index contributed by atoms with van der Waals surface area (Å²) in [4.78, 5) is 3.99. The quantitative estimate of drug-likeness (QED) is 0.760. The third-order valence-electron chi connectivity index (χ3n) is 3.49. The van der Waals surface area contributed by atoms with Crippen LogP contribution in [0.15, 0.2) is 36.9 Å². The van der Waals surface area contributed by atoms with E-state index in [1.54, 1.807) is 18.6 Å². The molecule has 3 rings (SSSR count). The van der Waals surface area contributed by atoms with Crippen molar-refractivity contribution in [2.45, 2.75) is 38.4 Å². The second kappa shape index (κ2) is 6.72. The number of aryl methyl sites for hydroxylation is 1. The Kier molecular flexibility index (Phi) is 4.50. The highest BCUT2D eigenvalue weighted by atomic mass is 19.1. The summed E-state index contributed by atoms with van der Waals surface area (Å²) in [7, 11) is 0. The van der Waals surface area contributed by atoms with Gasteiger partial charge >= 0.3 is 0 Å². The number of halogens is 1. The maximum Gasteiger partial charge on any atom is 0.127 e. The first-order valence-corrected chi connectivity index (χ1v) is 7.41. The fraction of sp³-hybridized carbons (Fsp3) is 0.438. The Balaban J connectivity index is 1.47. The zero-order valence-electron chi connectivity index (χ0n) is 12.0. The molecule has 1 saturated carbocycles. The fourth-order valence-corrected chi connectivity index (χ4v) is 2.21. The van der Waals surface area contributed by atoms with Crippen LogP contribution in [0, 0.1) is 5.82 Å². The SMILES string of the molecule is Fc1cc(CNC2CC2)cc(OCCCn2ccnc2)c1. The second-order valence-corrected chi connectivity index (χ2v) is 5.45. The largest absolute Gasteiger partial charge is 0.493 e. The summed E-state index contributed by atoms with van der Waals surface area (Å²) in [5.74, 6) is 0.364. The molecule has 0 unspecified atom stereocenters. The average Bonchev–Trinajstić information content (AvgIpc) is 3.16. The van der Waals surface area contributed by atoms with Crippen LogP contribution in [0.2, 0.25) is 0 Å². The number of nitrogens with one attached hydrogen (secondary N) is 1. The van der Waals surface area contributed by atoms with Crippen molar-refractivity contribution in [3.63, 3.8) is 0 Å². The van der Waals surface area contributed by atoms with Crippen molar-refractivity contribution in [1.29, 1.82) is 0 Å². The molecule has 1 N–H and O–H groups in total. The van der Waals surface area contributed by atoms with Crippen molar-refractivity contribution in [1.82, 2.24) is 14.9 Å². The first-order valence-electron chi connectivity index (χ1n) is 7.41. The van der Waals surface area contributed by atoms with Crippen LogP contribution < -0.4 is 10.1 Å². The summed E-state index contributed by atoms with van der Waals surface area (Å²) in [6.45, 7) is 2.12.